The molecule has 9 nitrogen and oxygen atoms in total. The number of carbonyl (C=O) groups excluding carboxylic acids is 3. The minimum absolute atomic E-state index is 0.306. The molecular weight excluding hydrogens is 524 g/mol. The molecule has 1 amide bonds. The number of carbonyl (C=O) groups is 3. The molecule has 38 heavy (non-hydrogen) atoms. The fourth-order valence-corrected chi connectivity index (χ4v) is 6.69. The highest BCUT2D eigenvalue weighted by Gasteiger charge is 2.72. The lowest BCUT2D eigenvalue weighted by molar-refractivity contribution is -0.161. The number of fused-ring (bicyclic) bond motifs is 2. The maximum absolute atomic E-state index is 13.8. The average Bonchev–Trinajstić information content (AvgIpc) is 3.44. The summed E-state index contributed by atoms with van der Waals surface area (Å²) < 4.78 is 68.8. The molecule has 12 heteroatoms. The van der Waals surface area contributed by atoms with Crippen LogP contribution in [-0.4, -0.2) is 65.3 Å². The van der Waals surface area contributed by atoms with E-state index in [0.29, 0.717) is 17.4 Å². The van der Waals surface area contributed by atoms with Gasteiger partial charge in [0.25, 0.3) is 0 Å². The quantitative estimate of drug-likeness (QED) is 0.428. The molecule has 3 aliphatic rings. The van der Waals surface area contributed by atoms with Crippen molar-refractivity contribution >= 4 is 38.7 Å². The Morgan fingerprint density at radius 1 is 1.08 bits per heavy atom. The molecule has 5 rings (SSSR count). The number of ether oxygens (including phenoxy) is 2. The summed E-state index contributed by atoms with van der Waals surface area (Å²) in [5, 5.41) is -3.22. The fraction of sp³-hybridized carbons (Fsp3) is 0.500. The van der Waals surface area contributed by atoms with E-state index in [1.165, 1.54) is 0 Å². The molecule has 2 bridgehead atoms. The zero-order valence-corrected chi connectivity index (χ0v) is 21.7. The van der Waals surface area contributed by atoms with E-state index >= 15 is 0 Å². The van der Waals surface area contributed by atoms with E-state index in [9.17, 15) is 31.6 Å². The van der Waals surface area contributed by atoms with Crippen molar-refractivity contribution in [1.82, 2.24) is 4.90 Å². The van der Waals surface area contributed by atoms with E-state index in [4.69, 9.17) is 9.29 Å². The summed E-state index contributed by atoms with van der Waals surface area (Å²) in [4.78, 5) is 41.6. The third-order valence-corrected chi connectivity index (χ3v) is 8.75. The Kier molecular flexibility index (Phi) is 6.06. The summed E-state index contributed by atoms with van der Waals surface area (Å²) in [5.41, 5.74) is -0.383. The molecule has 0 aromatic heterocycles. The van der Waals surface area contributed by atoms with E-state index in [1.54, 1.807) is 29.2 Å². The Morgan fingerprint density at radius 3 is 2.39 bits per heavy atom. The second-order valence-electron chi connectivity index (χ2n) is 11.1. The highest BCUT2D eigenvalue weighted by molar-refractivity contribution is 7.86. The number of amides is 1. The van der Waals surface area contributed by atoms with Gasteiger partial charge in [-0.05, 0) is 49.9 Å². The van der Waals surface area contributed by atoms with Crippen molar-refractivity contribution in [3.8, 4) is 0 Å². The molecule has 2 aliphatic carbocycles. The summed E-state index contributed by atoms with van der Waals surface area (Å²) in [5.74, 6) is -5.37. The standard InChI is InChI=1S/C26H27F2NO8S/c1-25(2,3)29-20-16-11-17(19(18(16)22(29)30)24(32)36-12-26(27,28)38(33,34)35)21(20)37-23(31)15-10-6-8-13-7-4-5-9-14(13)15/h4-10,16-21H,11-12H2,1-3H3,(H,33,34,35). The number of likely N-dealkylation sites (tertiary alicyclic amines) is 1. The van der Waals surface area contributed by atoms with Crippen molar-refractivity contribution in [2.45, 2.75) is 50.1 Å². The molecule has 204 valence electrons. The van der Waals surface area contributed by atoms with Crippen LogP contribution in [-0.2, 0) is 29.2 Å². The first-order valence-electron chi connectivity index (χ1n) is 12.2. The van der Waals surface area contributed by atoms with Gasteiger partial charge in [0.1, 0.15) is 6.10 Å². The molecule has 6 atom stereocenters. The number of nitrogens with zero attached hydrogens (tertiary/aromatic N) is 1. The van der Waals surface area contributed by atoms with Gasteiger partial charge in [-0.1, -0.05) is 36.4 Å². The zero-order valence-electron chi connectivity index (χ0n) is 20.8. The van der Waals surface area contributed by atoms with Crippen LogP contribution >= 0.6 is 0 Å². The van der Waals surface area contributed by atoms with E-state index in [2.05, 4.69) is 4.74 Å². The summed E-state index contributed by atoms with van der Waals surface area (Å²) in [6.07, 6.45) is -0.580. The second-order valence-corrected chi connectivity index (χ2v) is 12.6. The molecule has 1 heterocycles. The van der Waals surface area contributed by atoms with Crippen LogP contribution < -0.4 is 0 Å². The van der Waals surface area contributed by atoms with Crippen LogP contribution in [0.1, 0.15) is 37.6 Å². The Balaban J connectivity index is 1.47. The lowest BCUT2D eigenvalue weighted by atomic mass is 9.78. The highest BCUT2D eigenvalue weighted by Crippen LogP contribution is 2.61. The minimum atomic E-state index is -5.81. The first-order valence-corrected chi connectivity index (χ1v) is 13.6. The van der Waals surface area contributed by atoms with Crippen molar-refractivity contribution in [2.24, 2.45) is 23.7 Å². The molecule has 2 aromatic rings. The average molecular weight is 552 g/mol. The van der Waals surface area contributed by atoms with Crippen LogP contribution in [0.3, 0.4) is 0 Å². The lowest BCUT2D eigenvalue weighted by Crippen LogP contribution is -2.53. The topological polar surface area (TPSA) is 127 Å². The van der Waals surface area contributed by atoms with Crippen LogP contribution in [0.15, 0.2) is 42.5 Å². The number of hydrogen-bond donors (Lipinski definition) is 1. The van der Waals surface area contributed by atoms with Gasteiger partial charge < -0.3 is 14.4 Å². The molecule has 6 unspecified atom stereocenters. The molecule has 3 fully saturated rings. The van der Waals surface area contributed by atoms with Crippen LogP contribution in [0.2, 0.25) is 0 Å². The van der Waals surface area contributed by atoms with Crippen molar-refractivity contribution < 1.29 is 45.6 Å². The molecule has 1 N–H and O–H groups in total. The smallest absolute Gasteiger partial charge is 0.402 e. The van der Waals surface area contributed by atoms with Gasteiger partial charge in [-0.25, -0.2) is 4.79 Å². The van der Waals surface area contributed by atoms with Crippen molar-refractivity contribution in [2.75, 3.05) is 6.61 Å². The fourth-order valence-electron chi connectivity index (χ4n) is 6.48. The minimum Gasteiger partial charge on any atom is -0.458 e. The monoisotopic (exact) mass is 551 g/mol. The van der Waals surface area contributed by atoms with E-state index in [0.717, 1.165) is 5.39 Å². The summed E-state index contributed by atoms with van der Waals surface area (Å²) in [7, 11) is -5.81. The normalized spacial score (nSPS) is 28.7. The lowest BCUT2D eigenvalue weighted by Gasteiger charge is -2.40. The Labute approximate surface area is 217 Å². The molecule has 0 spiro atoms. The largest absolute Gasteiger partial charge is 0.458 e. The maximum Gasteiger partial charge on any atom is 0.402 e. The number of rotatable bonds is 6. The van der Waals surface area contributed by atoms with Crippen LogP contribution in [0.25, 0.3) is 10.8 Å². The number of halogens is 2. The molecule has 2 aromatic carbocycles. The van der Waals surface area contributed by atoms with E-state index in [-0.39, 0.29) is 11.8 Å². The summed E-state index contributed by atoms with van der Waals surface area (Å²) in [6, 6.07) is 11.9. The van der Waals surface area contributed by atoms with Gasteiger partial charge in [-0.15, -0.1) is 0 Å². The van der Waals surface area contributed by atoms with Gasteiger partial charge >= 0.3 is 27.3 Å². The van der Waals surface area contributed by atoms with Gasteiger partial charge in [0.2, 0.25) is 5.91 Å². The molecule has 1 saturated heterocycles. The van der Waals surface area contributed by atoms with E-state index in [1.807, 2.05) is 39.0 Å². The number of alkyl halides is 2. The predicted octanol–water partition coefficient (Wildman–Crippen LogP) is 3.28. The summed E-state index contributed by atoms with van der Waals surface area (Å²) >= 11 is 0. The molecular formula is C26H27F2NO8S. The van der Waals surface area contributed by atoms with Gasteiger partial charge in [-0.2, -0.15) is 17.2 Å². The van der Waals surface area contributed by atoms with Gasteiger partial charge in [0.15, 0.2) is 6.61 Å². The van der Waals surface area contributed by atoms with Crippen molar-refractivity contribution in [3.63, 3.8) is 0 Å². The first kappa shape index (κ1) is 26.5. The van der Waals surface area contributed by atoms with Crippen molar-refractivity contribution in [1.29, 1.82) is 0 Å². The van der Waals surface area contributed by atoms with Crippen LogP contribution in [0, 0.1) is 23.7 Å². The van der Waals surface area contributed by atoms with Crippen LogP contribution in [0.5, 0.6) is 0 Å². The SMILES string of the molecule is CC(C)(C)N1C(=O)C2C3CC(C(OC(=O)c4cccc5ccccc45)C31)C2C(=O)OCC(F)(F)S(=O)(=O)O. The maximum atomic E-state index is 13.8. The highest BCUT2D eigenvalue weighted by atomic mass is 32.2. The summed E-state index contributed by atoms with van der Waals surface area (Å²) in [6.45, 7) is 3.54. The zero-order chi connectivity index (χ0) is 27.8. The van der Waals surface area contributed by atoms with Crippen molar-refractivity contribution in [3.05, 3.63) is 48.0 Å². The number of benzene rings is 2. The van der Waals surface area contributed by atoms with E-state index < -0.39 is 69.4 Å². The molecule has 0 radical (unpaired) electrons. The molecule has 1 aliphatic heterocycles. The van der Waals surface area contributed by atoms with Gasteiger partial charge in [0.05, 0.1) is 23.4 Å². The Hall–Kier alpha value is -3.12. The Morgan fingerprint density at radius 2 is 1.74 bits per heavy atom. The van der Waals surface area contributed by atoms with Crippen LogP contribution in [0.4, 0.5) is 8.78 Å². The first-order chi connectivity index (χ1) is 17.6. The third-order valence-electron chi connectivity index (χ3n) is 7.88. The number of hydrogen-bond acceptors (Lipinski definition) is 7. The Bertz CT molecular complexity index is 1430. The number of esters is 2. The molecule has 2 saturated carbocycles. The van der Waals surface area contributed by atoms with Gasteiger partial charge in [0, 0.05) is 11.5 Å². The predicted molar refractivity (Wildman–Crippen MR) is 130 cm³/mol. The second kappa shape index (κ2) is 8.70. The third kappa shape index (κ3) is 4.05. The van der Waals surface area contributed by atoms with Gasteiger partial charge in [-0.3, -0.25) is 14.1 Å².